The van der Waals surface area contributed by atoms with Gasteiger partial charge >= 0.3 is 12.2 Å². The van der Waals surface area contributed by atoms with Gasteiger partial charge in [-0.1, -0.05) is 11.6 Å². The van der Waals surface area contributed by atoms with E-state index in [1.54, 1.807) is 89.6 Å². The zero-order chi connectivity index (χ0) is 29.1. The highest BCUT2D eigenvalue weighted by Gasteiger charge is 2.29. The van der Waals surface area contributed by atoms with Crippen molar-refractivity contribution < 1.29 is 33.4 Å². The number of hydroxylamine groups is 2. The van der Waals surface area contributed by atoms with Crippen molar-refractivity contribution in [1.29, 1.82) is 0 Å². The number of rotatable bonds is 5. The number of hydrogen-bond acceptors (Lipinski definition) is 7. The molecule has 0 aliphatic rings. The van der Waals surface area contributed by atoms with Gasteiger partial charge in [-0.15, -0.1) is 5.06 Å². The van der Waals surface area contributed by atoms with E-state index in [0.29, 0.717) is 27.5 Å². The number of aromatic nitrogens is 1. The SMILES string of the molecule is COc1ccc2c(c1)c(CCN(OC(=O)OC(C)(C)C)C(=O)OC(C)(C)C)c(C)n2C(=O)c1ccc(Cl)cc1. The Bertz CT molecular complexity index is 1370. The van der Waals surface area contributed by atoms with Crippen LogP contribution >= 0.6 is 11.6 Å². The Morgan fingerprint density at radius 3 is 2.10 bits per heavy atom. The molecule has 0 aliphatic carbocycles. The van der Waals surface area contributed by atoms with Crippen molar-refractivity contribution in [3.05, 3.63) is 64.3 Å². The number of halogens is 1. The second kappa shape index (κ2) is 11.6. The first-order chi connectivity index (χ1) is 18.1. The maximum atomic E-state index is 13.6. The molecule has 9 nitrogen and oxygen atoms in total. The molecule has 0 aliphatic heterocycles. The van der Waals surface area contributed by atoms with E-state index in [2.05, 4.69) is 0 Å². The molecular weight excluding hydrogens is 524 g/mol. The highest BCUT2D eigenvalue weighted by Crippen LogP contribution is 2.31. The summed E-state index contributed by atoms with van der Waals surface area (Å²) in [6, 6.07) is 12.1. The Hall–Kier alpha value is -3.72. The van der Waals surface area contributed by atoms with E-state index >= 15 is 0 Å². The fourth-order valence-electron chi connectivity index (χ4n) is 3.95. The van der Waals surface area contributed by atoms with Gasteiger partial charge in [-0.05, 0) is 103 Å². The van der Waals surface area contributed by atoms with Crippen LogP contribution in [0.1, 0.15) is 63.2 Å². The molecule has 39 heavy (non-hydrogen) atoms. The van der Waals surface area contributed by atoms with Crippen LogP contribution in [0.25, 0.3) is 10.9 Å². The Morgan fingerprint density at radius 1 is 0.923 bits per heavy atom. The maximum absolute atomic E-state index is 13.6. The molecule has 1 heterocycles. The lowest BCUT2D eigenvalue weighted by Crippen LogP contribution is -2.40. The minimum absolute atomic E-state index is 0.0551. The van der Waals surface area contributed by atoms with Crippen molar-refractivity contribution in [3.63, 3.8) is 0 Å². The quantitative estimate of drug-likeness (QED) is 0.247. The van der Waals surface area contributed by atoms with Gasteiger partial charge in [-0.25, -0.2) is 9.59 Å². The largest absolute Gasteiger partial charge is 0.534 e. The predicted molar refractivity (Wildman–Crippen MR) is 148 cm³/mol. The smallest absolute Gasteiger partial charge is 0.497 e. The monoisotopic (exact) mass is 558 g/mol. The lowest BCUT2D eigenvalue weighted by atomic mass is 10.1. The average Bonchev–Trinajstić information content (AvgIpc) is 3.09. The van der Waals surface area contributed by atoms with Crippen molar-refractivity contribution in [2.24, 2.45) is 0 Å². The number of carbonyl (C=O) groups is 3. The molecule has 210 valence electrons. The van der Waals surface area contributed by atoms with Crippen LogP contribution in [0.4, 0.5) is 9.59 Å². The molecule has 0 saturated carbocycles. The summed E-state index contributed by atoms with van der Waals surface area (Å²) in [6.07, 6.45) is -1.64. The van der Waals surface area contributed by atoms with Gasteiger partial charge in [0.1, 0.15) is 17.0 Å². The molecule has 0 atom stereocenters. The normalized spacial score (nSPS) is 11.7. The molecule has 2 aromatic carbocycles. The van der Waals surface area contributed by atoms with Crippen LogP contribution in [0.15, 0.2) is 42.5 Å². The molecule has 0 saturated heterocycles. The number of benzene rings is 2. The van der Waals surface area contributed by atoms with E-state index in [1.807, 2.05) is 13.0 Å². The van der Waals surface area contributed by atoms with E-state index in [9.17, 15) is 14.4 Å². The van der Waals surface area contributed by atoms with Gasteiger partial charge < -0.3 is 19.0 Å². The van der Waals surface area contributed by atoms with E-state index in [0.717, 1.165) is 16.0 Å². The summed E-state index contributed by atoms with van der Waals surface area (Å²) >= 11 is 6.01. The van der Waals surface area contributed by atoms with Gasteiger partial charge in [0.15, 0.2) is 0 Å². The third kappa shape index (κ3) is 7.66. The molecule has 10 heteroatoms. The van der Waals surface area contributed by atoms with Crippen LogP contribution in [-0.2, 0) is 20.7 Å². The van der Waals surface area contributed by atoms with Crippen LogP contribution < -0.4 is 4.74 Å². The first-order valence-corrected chi connectivity index (χ1v) is 12.9. The summed E-state index contributed by atoms with van der Waals surface area (Å²) in [5.41, 5.74) is 0.925. The zero-order valence-corrected chi connectivity index (χ0v) is 24.3. The van der Waals surface area contributed by atoms with Gasteiger partial charge in [-0.2, -0.15) is 0 Å². The molecule has 0 fully saturated rings. The average molecular weight is 559 g/mol. The number of carbonyl (C=O) groups excluding carboxylic acids is 3. The summed E-state index contributed by atoms with van der Waals surface area (Å²) in [6.45, 7) is 12.0. The van der Waals surface area contributed by atoms with Gasteiger partial charge in [0.05, 0.1) is 19.2 Å². The molecule has 0 spiro atoms. The number of methoxy groups -OCH3 is 1. The first kappa shape index (κ1) is 29.8. The predicted octanol–water partition coefficient (Wildman–Crippen LogP) is 6.95. The van der Waals surface area contributed by atoms with Crippen LogP contribution in [0.3, 0.4) is 0 Å². The van der Waals surface area contributed by atoms with Crippen molar-refractivity contribution in [2.75, 3.05) is 13.7 Å². The van der Waals surface area contributed by atoms with Gasteiger partial charge in [0.2, 0.25) is 0 Å². The Morgan fingerprint density at radius 2 is 1.54 bits per heavy atom. The second-order valence-corrected chi connectivity index (χ2v) is 11.4. The minimum Gasteiger partial charge on any atom is -0.497 e. The number of fused-ring (bicyclic) bond motifs is 1. The number of amides is 1. The molecule has 3 aromatic rings. The Kier molecular flexibility index (Phi) is 8.85. The summed E-state index contributed by atoms with van der Waals surface area (Å²) < 4.78 is 17.7. The van der Waals surface area contributed by atoms with Gasteiger partial charge in [0, 0.05) is 21.7 Å². The summed E-state index contributed by atoms with van der Waals surface area (Å²) in [7, 11) is 1.56. The topological polar surface area (TPSA) is 96.3 Å². The van der Waals surface area contributed by atoms with Crippen molar-refractivity contribution >= 4 is 40.7 Å². The molecular formula is C29H35ClN2O7. The van der Waals surface area contributed by atoms with E-state index in [-0.39, 0.29) is 18.9 Å². The third-order valence-electron chi connectivity index (χ3n) is 5.57. The lowest BCUT2D eigenvalue weighted by molar-refractivity contribution is -0.135. The van der Waals surface area contributed by atoms with Gasteiger partial charge in [0.25, 0.3) is 5.91 Å². The molecule has 0 N–H and O–H groups in total. The second-order valence-electron chi connectivity index (χ2n) is 11.0. The van der Waals surface area contributed by atoms with E-state index in [1.165, 1.54) is 0 Å². The van der Waals surface area contributed by atoms with Crippen molar-refractivity contribution in [3.8, 4) is 5.75 Å². The minimum atomic E-state index is -1.04. The summed E-state index contributed by atoms with van der Waals surface area (Å²) in [5, 5.41) is 2.12. The molecule has 3 rings (SSSR count). The van der Waals surface area contributed by atoms with E-state index in [4.69, 9.17) is 30.6 Å². The molecule has 1 amide bonds. The lowest BCUT2D eigenvalue weighted by Gasteiger charge is -2.27. The van der Waals surface area contributed by atoms with Crippen LogP contribution in [0.2, 0.25) is 5.02 Å². The highest BCUT2D eigenvalue weighted by atomic mass is 35.5. The Balaban J connectivity index is 2.00. The standard InChI is InChI=1S/C29H35ClN2O7/c1-18-22(15-16-31(26(34)37-28(2,3)4)39-27(35)38-29(5,6)7)23-17-21(36-8)13-14-24(23)32(18)25(33)19-9-11-20(30)12-10-19/h9-14,17H,15-16H2,1-8H3. The summed E-state index contributed by atoms with van der Waals surface area (Å²) in [5.74, 6) is 0.369. The molecule has 0 unspecified atom stereocenters. The number of ether oxygens (including phenoxy) is 3. The first-order valence-electron chi connectivity index (χ1n) is 12.5. The fourth-order valence-corrected chi connectivity index (χ4v) is 4.07. The number of hydrogen-bond donors (Lipinski definition) is 0. The van der Waals surface area contributed by atoms with Crippen molar-refractivity contribution in [2.45, 2.75) is 66.1 Å². The Labute approximate surface area is 233 Å². The fraction of sp³-hybridized carbons (Fsp3) is 0.414. The molecule has 0 bridgehead atoms. The molecule has 1 aromatic heterocycles. The van der Waals surface area contributed by atoms with Crippen LogP contribution in [0, 0.1) is 6.92 Å². The van der Waals surface area contributed by atoms with Gasteiger partial charge in [-0.3, -0.25) is 9.36 Å². The van der Waals surface area contributed by atoms with Crippen molar-refractivity contribution in [1.82, 2.24) is 9.63 Å². The number of nitrogens with zero attached hydrogens (tertiary/aromatic N) is 2. The van der Waals surface area contributed by atoms with E-state index < -0.39 is 23.5 Å². The molecule has 0 radical (unpaired) electrons. The summed E-state index contributed by atoms with van der Waals surface area (Å²) in [4.78, 5) is 44.2. The maximum Gasteiger partial charge on any atom is 0.534 e. The highest BCUT2D eigenvalue weighted by molar-refractivity contribution is 6.30. The van der Waals surface area contributed by atoms with Crippen LogP contribution in [0.5, 0.6) is 5.75 Å². The zero-order valence-electron chi connectivity index (χ0n) is 23.6. The third-order valence-corrected chi connectivity index (χ3v) is 5.82. The van der Waals surface area contributed by atoms with Crippen LogP contribution in [-0.4, -0.2) is 52.6 Å².